The molecule has 13 rings (SSSR count). The highest BCUT2D eigenvalue weighted by atomic mass is 32.7. The average Bonchev–Trinajstić information content (AvgIpc) is 1.61. The van der Waals surface area contributed by atoms with Crippen LogP contribution < -0.4 is 77.4 Å². The van der Waals surface area contributed by atoms with Crippen LogP contribution in [0.4, 0.5) is 29.1 Å². The van der Waals surface area contributed by atoms with Gasteiger partial charge >= 0.3 is 35.2 Å². The van der Waals surface area contributed by atoms with E-state index in [9.17, 15) is 43.7 Å². The van der Waals surface area contributed by atoms with E-state index in [1.165, 1.54) is 96.6 Å². The van der Waals surface area contributed by atoms with Crippen LogP contribution >= 0.6 is 35.9 Å². The maximum Gasteiger partial charge on any atom is 0.351 e. The number of anilines is 5. The predicted octanol–water partition coefficient (Wildman–Crippen LogP) is -3.04. The van der Waals surface area contributed by atoms with Gasteiger partial charge in [-0.1, -0.05) is 18.7 Å². The highest BCUT2D eigenvalue weighted by Crippen LogP contribution is 2.57. The molecule has 0 aromatic carbocycles. The maximum atomic E-state index is 15.5. The SMILES string of the molecule is CC[C@H]1O[C@@H](n2cc(C)c(N)nc2=O)CC1OP([O-])(=S)OC[C@H]1O[C@@H](n2cnc3c(N)ncnc32)[C@@H](OCCOC)C1OP(=O)([O-])OC[C@H]1O[C@@H](n2cc(C)c(=O)[nH]c2=O)[C@@H](OCCOC)C1OP(=O)([O-])OC[C@H]1O[C@@H](n2cc(C)c(N)nc2=O)[C@@H](OCCOC)C1OP(=O)([S-])OC[C@H]1O[C@@H](n2cc(C)c(N)nc2=O)[C@@H](OCCOC)C1OP(O)(=S)OC[C@H]1O[C@@H](n2cc(C)c(N)nc2=O)[C@@H](OCCOC)C1O. The predicted molar refractivity (Wildman–Crippen MR) is 494 cm³/mol. The minimum absolute atomic E-state index is 0.0120. The van der Waals surface area contributed by atoms with Gasteiger partial charge in [0.1, 0.15) is 140 Å². The van der Waals surface area contributed by atoms with Crippen LogP contribution in [-0.4, -0.2) is 316 Å². The summed E-state index contributed by atoms with van der Waals surface area (Å²) in [5.74, 6) is -0.654. The zero-order valence-corrected chi connectivity index (χ0v) is 85.3. The summed E-state index contributed by atoms with van der Waals surface area (Å²) in [6, 6.07) is 0. The van der Waals surface area contributed by atoms with E-state index in [1.807, 2.05) is 0 Å². The second-order valence-corrected chi connectivity index (χ2v) is 43.9. The molecule has 6 saturated heterocycles. The van der Waals surface area contributed by atoms with E-state index in [4.69, 9.17) is 186 Å². The van der Waals surface area contributed by atoms with Crippen LogP contribution in [0, 0.1) is 34.6 Å². The van der Waals surface area contributed by atoms with E-state index in [2.05, 4.69) is 39.9 Å². The summed E-state index contributed by atoms with van der Waals surface area (Å²) in [4.78, 5) is 169. The van der Waals surface area contributed by atoms with Gasteiger partial charge in [0.15, 0.2) is 49.4 Å². The topological polar surface area (TPSA) is 769 Å². The first-order valence-corrected chi connectivity index (χ1v) is 54.5. The monoisotopic (exact) mass is 2180 g/mol. The van der Waals surface area contributed by atoms with Crippen molar-refractivity contribution < 1.29 is 159 Å². The molecule has 67 heteroatoms. The number of nitrogens with one attached hydrogen (secondary N) is 1. The molecule has 7 aromatic rings. The molecular formula is C76H110N19O40P5S3-4. The second kappa shape index (κ2) is 49.1. The number of aryl methyl sites for hydroxylation is 5. The zero-order valence-electron chi connectivity index (χ0n) is 78.4. The molecule has 0 radical (unpaired) electrons. The molecule has 13 N–H and O–H groups in total. The largest absolute Gasteiger partial charge is 0.780 e. The molecule has 796 valence electrons. The molecule has 0 spiro atoms. The summed E-state index contributed by atoms with van der Waals surface area (Å²) >= 11 is 16.8. The number of aromatic amines is 1. The van der Waals surface area contributed by atoms with Crippen LogP contribution in [0.5, 0.6) is 0 Å². The molecule has 7 aromatic heterocycles. The van der Waals surface area contributed by atoms with Gasteiger partial charge in [-0.15, -0.1) is 0 Å². The van der Waals surface area contributed by atoms with Crippen molar-refractivity contribution in [2.45, 2.75) is 196 Å². The Morgan fingerprint density at radius 1 is 0.434 bits per heavy atom. The molecule has 0 aliphatic carbocycles. The van der Waals surface area contributed by atoms with Crippen LogP contribution in [0.2, 0.25) is 0 Å². The minimum Gasteiger partial charge on any atom is -0.780 e. The van der Waals surface area contributed by atoms with Crippen LogP contribution in [0.25, 0.3) is 11.2 Å². The fourth-order valence-corrected chi connectivity index (χ4v) is 22.3. The van der Waals surface area contributed by atoms with Crippen molar-refractivity contribution in [1.29, 1.82) is 0 Å². The van der Waals surface area contributed by atoms with Crippen LogP contribution in [0.1, 0.15) is 85.0 Å². The minimum atomic E-state index is -6.24. The quantitative estimate of drug-likeness (QED) is 0.0107. The number of aromatic nitrogens is 14. The molecular weight excluding hydrogens is 2070 g/mol. The number of aliphatic hydroxyl groups is 1. The Hall–Kier alpha value is -7.15. The van der Waals surface area contributed by atoms with Gasteiger partial charge in [-0.25, -0.2) is 38.9 Å². The number of imidazole rings is 1. The lowest BCUT2D eigenvalue weighted by molar-refractivity contribution is -0.241. The van der Waals surface area contributed by atoms with Gasteiger partial charge in [0, 0.05) is 101 Å². The number of H-pyrrole nitrogens is 1. The Kier molecular flexibility index (Phi) is 38.8. The smallest absolute Gasteiger partial charge is 0.351 e. The summed E-state index contributed by atoms with van der Waals surface area (Å²) in [7, 11) is -5.72. The number of hydrogen-bond donors (Lipinski definition) is 8. The summed E-state index contributed by atoms with van der Waals surface area (Å²) in [6.45, 7) is -13.7. The number of phosphoric ester groups is 2. The molecule has 6 fully saturated rings. The van der Waals surface area contributed by atoms with Crippen molar-refractivity contribution >= 4 is 112 Å². The maximum absolute atomic E-state index is 15.5. The normalized spacial score (nSPS) is 29.4. The Morgan fingerprint density at radius 3 is 1.24 bits per heavy atom. The Labute approximate surface area is 827 Å². The van der Waals surface area contributed by atoms with Crippen LogP contribution in [0.15, 0.2) is 72.4 Å². The number of rotatable bonds is 52. The number of aliphatic hydroxyl groups excluding tert-OH is 1. The third-order valence-corrected chi connectivity index (χ3v) is 29.8. The van der Waals surface area contributed by atoms with E-state index < -0.39 is 257 Å². The van der Waals surface area contributed by atoms with Gasteiger partial charge in [0.25, 0.3) is 21.2 Å². The van der Waals surface area contributed by atoms with Crippen molar-refractivity contribution in [3.8, 4) is 0 Å². The van der Waals surface area contributed by atoms with Crippen molar-refractivity contribution in [3.63, 3.8) is 0 Å². The number of nitrogen functional groups attached to an aromatic ring is 5. The fraction of sp³-hybridized carbons (Fsp3) is 0.671. The van der Waals surface area contributed by atoms with Crippen molar-refractivity contribution in [2.75, 3.05) is 163 Å². The number of nitrogens with zero attached hydrogens (tertiary/aromatic N) is 13. The number of nitrogens with two attached hydrogens (primary N) is 5. The highest BCUT2D eigenvalue weighted by molar-refractivity contribution is 8.32. The Balaban J connectivity index is 0.796. The van der Waals surface area contributed by atoms with E-state index >= 15 is 23.5 Å². The van der Waals surface area contributed by atoms with E-state index in [-0.39, 0.29) is 123 Å². The Morgan fingerprint density at radius 2 is 0.797 bits per heavy atom. The molecule has 28 atom stereocenters. The first kappa shape index (κ1) is 113. The van der Waals surface area contributed by atoms with Crippen molar-refractivity contribution in [1.82, 2.24) is 67.3 Å². The summed E-state index contributed by atoms with van der Waals surface area (Å²) in [5, 5.41) is 11.8. The van der Waals surface area contributed by atoms with Crippen LogP contribution in [-0.2, 0) is 171 Å². The Bertz CT molecular complexity index is 6220. The van der Waals surface area contributed by atoms with Crippen molar-refractivity contribution in [2.24, 2.45) is 0 Å². The molecule has 6 aliphatic rings. The molecule has 0 bridgehead atoms. The van der Waals surface area contributed by atoms with E-state index in [0.717, 1.165) is 30.8 Å². The second-order valence-electron chi connectivity index (χ2n) is 32.9. The fourth-order valence-electron chi connectivity index (χ4n) is 16.1. The number of methoxy groups -OCH3 is 5. The van der Waals surface area contributed by atoms with Gasteiger partial charge < -0.3 is 182 Å². The van der Waals surface area contributed by atoms with E-state index in [1.54, 1.807) is 20.8 Å². The molecule has 0 saturated carbocycles. The molecule has 59 nitrogen and oxygen atoms in total. The molecule has 11 unspecified atom stereocenters. The number of hydrogen-bond acceptors (Lipinski definition) is 54. The summed E-state index contributed by atoms with van der Waals surface area (Å²) in [6.07, 6.45) is -29.8. The van der Waals surface area contributed by atoms with Gasteiger partial charge in [-0.3, -0.25) is 55.4 Å². The standard InChI is InChI=1S/C76H114N19O40P5S3/c1-12-41-42(23-48(125-41)90-24-36(2)60(77)85-72(90)98)131-138(107,141)123-32-46-52(57(117-20-15-112-9)71(130-46)95-35-84-49-64(81)82-34-83-65(49)95)133-136(103,104)120-30-44-51(56(116-19-14-111-8)68(127-44)94-28-40(6)66(97)89-76(94)102)132-137(105,106)121-31-45-53(58(118-21-16-113-10)69(128-45)92-26-38(4)62(79)87-74(92)100)134-140(109,143)124-33-47-54(59(119-22-17-114-11)70(129-47)93-27-39(5)63(80)88-75(93)101)135-139(108,142)122-29-43-50(96)55(115-18-13-110-7)67(126-43)91-25-37(3)61(78)86-73(91)99/h24-28,34-35,41-48,50-59,67-71,96H,12-23,29-33H2,1-11H3,(H,103,104)(H,105,106)(H,107,141)(H,108,142)(H,109,143)(H2,77,85,98)(H2,78,86,99)(H2,79,87,100)(H2,80,88,101)(H2,81,82,83)(H,89,97,102)/p-4/t41-,42?,43-,44-,45-,46-,47-,48-,50?,51?,52?,53?,54?,55+,56+,57+,58+,59+,67-,68-,69-,70-,71-,138?,139?,140?/m1/s1. The lowest BCUT2D eigenvalue weighted by Gasteiger charge is -2.35. The third kappa shape index (κ3) is 27.6. The molecule has 13 heterocycles. The van der Waals surface area contributed by atoms with Crippen LogP contribution in [0.3, 0.4) is 0 Å². The molecule has 143 heavy (non-hydrogen) atoms. The van der Waals surface area contributed by atoms with Gasteiger partial charge in [0.2, 0.25) is 0 Å². The average molecular weight is 2180 g/mol. The number of fused-ring (bicyclic) bond motifs is 1. The van der Waals surface area contributed by atoms with Gasteiger partial charge in [-0.2, -0.15) is 19.9 Å². The number of ether oxygens (including phenoxy) is 16. The van der Waals surface area contributed by atoms with Gasteiger partial charge in [0.05, 0.1) is 118 Å². The van der Waals surface area contributed by atoms with Gasteiger partial charge in [-0.05, 0) is 52.8 Å². The summed E-state index contributed by atoms with van der Waals surface area (Å²) < 4.78 is 207. The zero-order chi connectivity index (χ0) is 104. The number of phosphoric acid groups is 2. The third-order valence-electron chi connectivity index (χ3n) is 23.2. The van der Waals surface area contributed by atoms with E-state index in [0.29, 0.717) is 11.1 Å². The molecule has 6 aliphatic heterocycles. The first-order chi connectivity index (χ1) is 67.8. The lowest BCUT2D eigenvalue weighted by Crippen LogP contribution is -2.42. The highest BCUT2D eigenvalue weighted by Gasteiger charge is 2.57. The van der Waals surface area contributed by atoms with Crippen molar-refractivity contribution in [3.05, 3.63) is 134 Å². The first-order valence-electron chi connectivity index (χ1n) is 43.8. The summed E-state index contributed by atoms with van der Waals surface area (Å²) in [5.41, 5.74) is 25.5. The molecule has 0 amide bonds. The lowest BCUT2D eigenvalue weighted by atomic mass is 10.1.